The van der Waals surface area contributed by atoms with E-state index in [0.717, 1.165) is 27.9 Å². The second-order valence-electron chi connectivity index (χ2n) is 7.93. The smallest absolute Gasteiger partial charge is 0.272 e. The highest BCUT2D eigenvalue weighted by molar-refractivity contribution is 5.93. The molecule has 1 fully saturated rings. The normalized spacial score (nSPS) is 12.9. The number of anilines is 1. The number of nitrogens with zero attached hydrogens (tertiary/aromatic N) is 6. The van der Waals surface area contributed by atoms with Crippen LogP contribution in [-0.2, 0) is 6.54 Å². The van der Waals surface area contributed by atoms with Crippen molar-refractivity contribution in [1.29, 1.82) is 0 Å². The number of hydrogen-bond acceptors (Lipinski definition) is 6. The summed E-state index contributed by atoms with van der Waals surface area (Å²) in [4.78, 5) is 30.5. The molecule has 1 aromatic carbocycles. The second kappa shape index (κ2) is 12.8. The van der Waals surface area contributed by atoms with Crippen LogP contribution in [0.4, 0.5) is 5.95 Å². The average Bonchev–Trinajstić information content (AvgIpc) is 3.38. The van der Waals surface area contributed by atoms with Gasteiger partial charge in [-0.05, 0) is 35.7 Å². The first-order chi connectivity index (χ1) is 17.7. The van der Waals surface area contributed by atoms with Crippen LogP contribution >= 0.6 is 0 Å². The van der Waals surface area contributed by atoms with Crippen molar-refractivity contribution in [3.63, 3.8) is 0 Å². The lowest BCUT2D eigenvalue weighted by atomic mass is 9.98. The summed E-state index contributed by atoms with van der Waals surface area (Å²) in [5, 5.41) is 0. The average molecular weight is 488 g/mol. The molecule has 0 unspecified atom stereocenters. The van der Waals surface area contributed by atoms with Gasteiger partial charge in [0.1, 0.15) is 11.3 Å². The molecule has 1 aliphatic rings. The molecule has 1 amide bonds. The zero-order valence-electron chi connectivity index (χ0n) is 22.0. The molecule has 1 aliphatic heterocycles. The maximum absolute atomic E-state index is 13.4. The fraction of sp³-hybridized carbons (Fsp3) is 0.357. The van der Waals surface area contributed by atoms with Crippen molar-refractivity contribution in [3.8, 4) is 11.1 Å². The fourth-order valence-electron chi connectivity index (χ4n) is 4.23. The van der Waals surface area contributed by atoms with Gasteiger partial charge in [-0.2, -0.15) is 0 Å². The zero-order chi connectivity index (χ0) is 26.1. The van der Waals surface area contributed by atoms with Gasteiger partial charge in [-0.1, -0.05) is 52.0 Å². The number of nitrogens with two attached hydrogens (primary N) is 1. The minimum absolute atomic E-state index is 0.0256. The van der Waals surface area contributed by atoms with E-state index in [4.69, 9.17) is 5.73 Å². The summed E-state index contributed by atoms with van der Waals surface area (Å²) in [6.45, 7) is 13.1. The van der Waals surface area contributed by atoms with Crippen LogP contribution in [0.15, 0.2) is 61.2 Å². The number of aromatic nitrogens is 4. The number of benzene rings is 1. The standard InChI is InChI=1S/C24H25N7O.2C2H6/c1-17-5-2-3-6-19(17)20-16-31-21(15-28-22(31)13-18(20)14-25)23(32)29-9-11-30(12-10-29)24-26-7-4-8-27-24;2*1-2/h2-8,13,15-16H,9-12,14,25H2,1H3;2*1-2H3. The molecule has 3 aromatic heterocycles. The van der Waals surface area contributed by atoms with E-state index in [1.807, 2.05) is 61.4 Å². The van der Waals surface area contributed by atoms with E-state index < -0.39 is 0 Å². The lowest BCUT2D eigenvalue weighted by Gasteiger charge is -2.34. The quantitative estimate of drug-likeness (QED) is 0.453. The number of piperazine rings is 1. The number of aryl methyl sites for hydroxylation is 1. The van der Waals surface area contributed by atoms with Gasteiger partial charge >= 0.3 is 0 Å². The zero-order valence-corrected chi connectivity index (χ0v) is 22.0. The van der Waals surface area contributed by atoms with Crippen LogP contribution in [-0.4, -0.2) is 56.3 Å². The molecule has 0 bridgehead atoms. The number of pyridine rings is 1. The fourth-order valence-corrected chi connectivity index (χ4v) is 4.23. The Labute approximate surface area is 213 Å². The van der Waals surface area contributed by atoms with Crippen molar-refractivity contribution in [2.75, 3.05) is 31.1 Å². The van der Waals surface area contributed by atoms with Crippen molar-refractivity contribution in [2.24, 2.45) is 5.73 Å². The molecule has 4 aromatic rings. The van der Waals surface area contributed by atoms with E-state index in [0.29, 0.717) is 44.4 Å². The molecule has 0 atom stereocenters. The molecule has 1 saturated heterocycles. The number of imidazole rings is 1. The first-order valence-corrected chi connectivity index (χ1v) is 12.7. The van der Waals surface area contributed by atoms with Crippen molar-refractivity contribution < 1.29 is 4.79 Å². The molecule has 8 heteroatoms. The summed E-state index contributed by atoms with van der Waals surface area (Å²) < 4.78 is 1.88. The van der Waals surface area contributed by atoms with Crippen molar-refractivity contribution in [3.05, 3.63) is 78.0 Å². The van der Waals surface area contributed by atoms with E-state index in [1.165, 1.54) is 0 Å². The number of hydrogen-bond donors (Lipinski definition) is 1. The lowest BCUT2D eigenvalue weighted by Crippen LogP contribution is -2.49. The Balaban J connectivity index is 0.000000861. The molecule has 0 radical (unpaired) electrons. The number of amides is 1. The minimum Gasteiger partial charge on any atom is -0.337 e. The summed E-state index contributed by atoms with van der Waals surface area (Å²) in [6.07, 6.45) is 7.13. The first kappa shape index (κ1) is 26.8. The molecule has 190 valence electrons. The largest absolute Gasteiger partial charge is 0.337 e. The highest BCUT2D eigenvalue weighted by Gasteiger charge is 2.26. The van der Waals surface area contributed by atoms with Crippen LogP contribution in [0, 0.1) is 6.92 Å². The Morgan fingerprint density at radius 1 is 0.917 bits per heavy atom. The monoisotopic (exact) mass is 487 g/mol. The van der Waals surface area contributed by atoms with Gasteiger partial charge in [0.15, 0.2) is 0 Å². The van der Waals surface area contributed by atoms with Crippen molar-refractivity contribution in [2.45, 2.75) is 41.2 Å². The number of carbonyl (C=O) groups is 1. The Bertz CT molecular complexity index is 1260. The molecule has 0 saturated carbocycles. The van der Waals surface area contributed by atoms with Crippen LogP contribution in [0.25, 0.3) is 16.8 Å². The molecule has 8 nitrogen and oxygen atoms in total. The predicted octanol–water partition coefficient (Wildman–Crippen LogP) is 4.57. The molecule has 5 rings (SSSR count). The molecular weight excluding hydrogens is 450 g/mol. The van der Waals surface area contributed by atoms with Crippen LogP contribution < -0.4 is 10.6 Å². The van der Waals surface area contributed by atoms with Gasteiger partial charge in [-0.3, -0.25) is 9.20 Å². The van der Waals surface area contributed by atoms with Gasteiger partial charge in [-0.15, -0.1) is 0 Å². The first-order valence-electron chi connectivity index (χ1n) is 12.7. The summed E-state index contributed by atoms with van der Waals surface area (Å²) in [7, 11) is 0. The Hall–Kier alpha value is -3.78. The van der Waals surface area contributed by atoms with Crippen LogP contribution in [0.2, 0.25) is 0 Å². The SMILES string of the molecule is CC.CC.Cc1ccccc1-c1cn2c(C(=O)N3CCN(c4ncccn4)CC3)cnc2cc1CN. The summed E-state index contributed by atoms with van der Waals surface area (Å²) in [5.74, 6) is 0.675. The highest BCUT2D eigenvalue weighted by atomic mass is 16.2. The topological polar surface area (TPSA) is 92.6 Å². The Morgan fingerprint density at radius 2 is 1.58 bits per heavy atom. The summed E-state index contributed by atoms with van der Waals surface area (Å²) in [6, 6.07) is 12.0. The molecule has 36 heavy (non-hydrogen) atoms. The molecule has 0 spiro atoms. The second-order valence-corrected chi connectivity index (χ2v) is 7.93. The van der Waals surface area contributed by atoms with Gasteiger partial charge in [0.25, 0.3) is 5.91 Å². The Morgan fingerprint density at radius 3 is 2.22 bits per heavy atom. The van der Waals surface area contributed by atoms with Crippen molar-refractivity contribution in [1.82, 2.24) is 24.3 Å². The third-order valence-corrected chi connectivity index (χ3v) is 6.01. The highest BCUT2D eigenvalue weighted by Crippen LogP contribution is 2.28. The van der Waals surface area contributed by atoms with Crippen LogP contribution in [0.3, 0.4) is 0 Å². The van der Waals surface area contributed by atoms with Gasteiger partial charge in [0.05, 0.1) is 6.20 Å². The maximum Gasteiger partial charge on any atom is 0.272 e. The maximum atomic E-state index is 13.4. The molecule has 0 aliphatic carbocycles. The van der Waals surface area contributed by atoms with E-state index >= 15 is 0 Å². The van der Waals surface area contributed by atoms with Crippen LogP contribution in [0.1, 0.15) is 49.3 Å². The third-order valence-electron chi connectivity index (χ3n) is 6.01. The van der Waals surface area contributed by atoms with E-state index in [2.05, 4.69) is 38.9 Å². The predicted molar refractivity (Wildman–Crippen MR) is 146 cm³/mol. The number of carbonyl (C=O) groups excluding carboxylic acids is 1. The van der Waals surface area contributed by atoms with E-state index in [-0.39, 0.29) is 5.91 Å². The van der Waals surface area contributed by atoms with Crippen molar-refractivity contribution >= 4 is 17.5 Å². The third kappa shape index (κ3) is 5.54. The molecular formula is C28H37N7O. The molecule has 4 heterocycles. The lowest BCUT2D eigenvalue weighted by molar-refractivity contribution is 0.0739. The van der Waals surface area contributed by atoms with E-state index in [1.54, 1.807) is 24.7 Å². The van der Waals surface area contributed by atoms with Gasteiger partial charge in [0.2, 0.25) is 5.95 Å². The summed E-state index contributed by atoms with van der Waals surface area (Å²) >= 11 is 0. The van der Waals surface area contributed by atoms with Gasteiger partial charge < -0.3 is 15.5 Å². The van der Waals surface area contributed by atoms with Gasteiger partial charge in [-0.25, -0.2) is 15.0 Å². The van der Waals surface area contributed by atoms with Crippen LogP contribution in [0.5, 0.6) is 0 Å². The Kier molecular flexibility index (Phi) is 9.53. The molecule has 2 N–H and O–H groups in total. The minimum atomic E-state index is -0.0256. The summed E-state index contributed by atoms with van der Waals surface area (Å²) in [5.41, 5.74) is 11.6. The van der Waals surface area contributed by atoms with Gasteiger partial charge in [0, 0.05) is 56.9 Å². The van der Waals surface area contributed by atoms with E-state index in [9.17, 15) is 4.79 Å². The number of fused-ring (bicyclic) bond motifs is 1. The number of rotatable bonds is 4.